The number of nitrogens with zero attached hydrogens (tertiary/aromatic N) is 2. The van der Waals surface area contributed by atoms with E-state index < -0.39 is 5.54 Å². The van der Waals surface area contributed by atoms with Crippen LogP contribution in [0.4, 0.5) is 0 Å². The van der Waals surface area contributed by atoms with Gasteiger partial charge in [0.05, 0.1) is 7.11 Å². The number of ether oxygens (including phenoxy) is 1. The van der Waals surface area contributed by atoms with Gasteiger partial charge >= 0.3 is 5.97 Å². The summed E-state index contributed by atoms with van der Waals surface area (Å²) < 4.78 is 5.97. The highest BCUT2D eigenvalue weighted by Gasteiger charge is 2.52. The number of rotatable bonds is 7. The molecule has 1 heterocycles. The molecule has 1 aliphatic rings. The van der Waals surface area contributed by atoms with Crippen molar-refractivity contribution in [3.8, 4) is 0 Å². The van der Waals surface area contributed by atoms with Crippen LogP contribution in [-0.4, -0.2) is 40.6 Å². The Morgan fingerprint density at radius 2 is 2.25 bits per heavy atom. The molecular formula is C13H21N3O2S2. The molecule has 0 spiro atoms. The Hall–Kier alpha value is -0.660. The van der Waals surface area contributed by atoms with Crippen LogP contribution in [0.1, 0.15) is 31.7 Å². The third-order valence-electron chi connectivity index (χ3n) is 3.30. The van der Waals surface area contributed by atoms with Crippen LogP contribution in [0.25, 0.3) is 0 Å². The number of esters is 1. The molecule has 0 bridgehead atoms. The van der Waals surface area contributed by atoms with Gasteiger partial charge in [0, 0.05) is 11.8 Å². The van der Waals surface area contributed by atoms with E-state index in [1.807, 2.05) is 6.92 Å². The predicted octanol–water partition coefficient (Wildman–Crippen LogP) is 2.26. The van der Waals surface area contributed by atoms with Crippen molar-refractivity contribution in [1.29, 1.82) is 0 Å². The fourth-order valence-electron chi connectivity index (χ4n) is 2.35. The molecule has 0 radical (unpaired) electrons. The maximum absolute atomic E-state index is 12.3. The zero-order valence-corrected chi connectivity index (χ0v) is 13.9. The number of methoxy groups -OCH3 is 1. The molecule has 1 unspecified atom stereocenters. The van der Waals surface area contributed by atoms with Gasteiger partial charge in [-0.2, -0.15) is 0 Å². The maximum Gasteiger partial charge on any atom is 0.327 e. The highest BCUT2D eigenvalue weighted by atomic mass is 32.2. The monoisotopic (exact) mass is 315 g/mol. The molecule has 20 heavy (non-hydrogen) atoms. The minimum absolute atomic E-state index is 0.164. The van der Waals surface area contributed by atoms with Crippen LogP contribution in [0.2, 0.25) is 0 Å². The fourth-order valence-corrected chi connectivity index (χ4v) is 4.42. The normalized spacial score (nSPS) is 18.1. The average molecular weight is 315 g/mol. The first-order valence-corrected chi connectivity index (χ1v) is 8.57. The summed E-state index contributed by atoms with van der Waals surface area (Å²) in [6.07, 6.45) is 2.15. The van der Waals surface area contributed by atoms with Crippen molar-refractivity contribution in [2.24, 2.45) is 5.92 Å². The van der Waals surface area contributed by atoms with Gasteiger partial charge in [0.25, 0.3) is 0 Å². The van der Waals surface area contributed by atoms with Gasteiger partial charge in [0.2, 0.25) is 0 Å². The smallest absolute Gasteiger partial charge is 0.327 e. The Balaban J connectivity index is 2.14. The van der Waals surface area contributed by atoms with Crippen LogP contribution in [0, 0.1) is 12.8 Å². The molecule has 0 aliphatic heterocycles. The second-order valence-electron chi connectivity index (χ2n) is 5.41. The third kappa shape index (κ3) is 3.51. The van der Waals surface area contributed by atoms with Gasteiger partial charge in [-0.1, -0.05) is 23.1 Å². The first kappa shape index (κ1) is 15.7. The number of carbonyl (C=O) groups excluding carboxylic acids is 1. The maximum atomic E-state index is 12.3. The van der Waals surface area contributed by atoms with Crippen LogP contribution in [-0.2, 0) is 9.53 Å². The molecule has 1 N–H and O–H groups in total. The molecule has 1 atom stereocenters. The van der Waals surface area contributed by atoms with Crippen molar-refractivity contribution in [3.05, 3.63) is 5.01 Å². The number of aryl methyl sites for hydroxylation is 1. The average Bonchev–Trinajstić information content (AvgIpc) is 3.17. The van der Waals surface area contributed by atoms with Crippen molar-refractivity contribution in [2.75, 3.05) is 12.9 Å². The lowest BCUT2D eigenvalue weighted by atomic mass is 9.94. The quantitative estimate of drug-likeness (QED) is 0.615. The van der Waals surface area contributed by atoms with Gasteiger partial charge < -0.3 is 4.74 Å². The molecular weight excluding hydrogens is 294 g/mol. The van der Waals surface area contributed by atoms with Crippen LogP contribution in [0.5, 0.6) is 0 Å². The van der Waals surface area contributed by atoms with Gasteiger partial charge in [-0.25, -0.2) is 0 Å². The van der Waals surface area contributed by atoms with Gasteiger partial charge in [-0.15, -0.1) is 10.2 Å². The standard InChI is InChI=1S/C13H21N3O2S2/c1-8(2)14-13(10-5-6-10,11(17)18-4)7-19-12-16-15-9(3)20-12/h8,10,14H,5-7H2,1-4H3. The van der Waals surface area contributed by atoms with E-state index in [-0.39, 0.29) is 12.0 Å². The molecule has 7 heteroatoms. The largest absolute Gasteiger partial charge is 0.468 e. The van der Waals surface area contributed by atoms with Crippen molar-refractivity contribution in [3.63, 3.8) is 0 Å². The molecule has 1 saturated carbocycles. The third-order valence-corrected chi connectivity index (χ3v) is 5.47. The summed E-state index contributed by atoms with van der Waals surface area (Å²) >= 11 is 3.14. The Morgan fingerprint density at radius 1 is 1.55 bits per heavy atom. The Kier molecular flexibility index (Phi) is 5.04. The fraction of sp³-hybridized carbons (Fsp3) is 0.769. The molecule has 2 rings (SSSR count). The summed E-state index contributed by atoms with van der Waals surface area (Å²) in [5.74, 6) is 0.832. The molecule has 5 nitrogen and oxygen atoms in total. The number of nitrogens with one attached hydrogen (secondary N) is 1. The van der Waals surface area contributed by atoms with E-state index in [1.54, 1.807) is 23.1 Å². The Bertz CT molecular complexity index is 474. The van der Waals surface area contributed by atoms with Gasteiger partial charge in [0.1, 0.15) is 10.5 Å². The lowest BCUT2D eigenvalue weighted by Crippen LogP contribution is -2.59. The van der Waals surface area contributed by atoms with Crippen molar-refractivity contribution < 1.29 is 9.53 Å². The molecule has 0 amide bonds. The van der Waals surface area contributed by atoms with Crippen LogP contribution >= 0.6 is 23.1 Å². The minimum Gasteiger partial charge on any atom is -0.468 e. The van der Waals surface area contributed by atoms with E-state index in [1.165, 1.54) is 7.11 Å². The number of carbonyl (C=O) groups is 1. The number of thioether (sulfide) groups is 1. The SMILES string of the molecule is COC(=O)C(CSc1nnc(C)s1)(NC(C)C)C1CC1. The van der Waals surface area contributed by atoms with E-state index in [9.17, 15) is 4.79 Å². The summed E-state index contributed by atoms with van der Waals surface area (Å²) in [6, 6.07) is 0.228. The second kappa shape index (κ2) is 6.41. The molecule has 112 valence electrons. The van der Waals surface area contributed by atoms with Gasteiger partial charge in [-0.3, -0.25) is 10.1 Å². The molecule has 1 aliphatic carbocycles. The summed E-state index contributed by atoms with van der Waals surface area (Å²) in [6.45, 7) is 6.04. The van der Waals surface area contributed by atoms with E-state index in [2.05, 4.69) is 29.4 Å². The van der Waals surface area contributed by atoms with E-state index >= 15 is 0 Å². The van der Waals surface area contributed by atoms with E-state index in [0.717, 1.165) is 22.2 Å². The van der Waals surface area contributed by atoms with Crippen molar-refractivity contribution in [1.82, 2.24) is 15.5 Å². The molecule has 1 fully saturated rings. The van der Waals surface area contributed by atoms with Crippen LogP contribution in [0.15, 0.2) is 4.34 Å². The lowest BCUT2D eigenvalue weighted by Gasteiger charge is -2.33. The summed E-state index contributed by atoms with van der Waals surface area (Å²) in [5, 5.41) is 12.5. The lowest BCUT2D eigenvalue weighted by molar-refractivity contribution is -0.148. The number of hydrogen-bond donors (Lipinski definition) is 1. The molecule has 1 aromatic rings. The number of hydrogen-bond acceptors (Lipinski definition) is 7. The van der Waals surface area contributed by atoms with Crippen molar-refractivity contribution in [2.45, 2.75) is 49.5 Å². The zero-order valence-electron chi connectivity index (χ0n) is 12.3. The predicted molar refractivity (Wildman–Crippen MR) is 81.1 cm³/mol. The highest BCUT2D eigenvalue weighted by Crippen LogP contribution is 2.43. The second-order valence-corrected chi connectivity index (χ2v) is 7.82. The van der Waals surface area contributed by atoms with E-state index in [0.29, 0.717) is 11.7 Å². The van der Waals surface area contributed by atoms with Crippen molar-refractivity contribution >= 4 is 29.1 Å². The first-order chi connectivity index (χ1) is 9.48. The summed E-state index contributed by atoms with van der Waals surface area (Å²) in [4.78, 5) is 12.3. The zero-order chi connectivity index (χ0) is 14.8. The van der Waals surface area contributed by atoms with Gasteiger partial charge in [-0.05, 0) is 39.5 Å². The van der Waals surface area contributed by atoms with E-state index in [4.69, 9.17) is 4.74 Å². The molecule has 0 saturated heterocycles. The number of aromatic nitrogens is 2. The Morgan fingerprint density at radius 3 is 2.70 bits per heavy atom. The molecule has 1 aromatic heterocycles. The highest BCUT2D eigenvalue weighted by molar-refractivity contribution is 8.01. The van der Waals surface area contributed by atoms with Crippen LogP contribution < -0.4 is 5.32 Å². The first-order valence-electron chi connectivity index (χ1n) is 6.77. The van der Waals surface area contributed by atoms with Crippen LogP contribution in [0.3, 0.4) is 0 Å². The molecule has 0 aromatic carbocycles. The Labute approximate surface area is 127 Å². The van der Waals surface area contributed by atoms with Gasteiger partial charge in [0.15, 0.2) is 4.34 Å². The summed E-state index contributed by atoms with van der Waals surface area (Å²) in [7, 11) is 1.46. The topological polar surface area (TPSA) is 64.1 Å². The summed E-state index contributed by atoms with van der Waals surface area (Å²) in [5.41, 5.74) is -0.604. The minimum atomic E-state index is -0.604.